The van der Waals surface area contributed by atoms with Gasteiger partial charge in [0.15, 0.2) is 12.2 Å². The first kappa shape index (κ1) is 89.5. The molecule has 0 spiro atoms. The Hall–Kier alpha value is -2.46. The summed E-state index contributed by atoms with van der Waals surface area (Å²) in [6.07, 6.45) is 53.6. The number of allylic oxidation sites excluding steroid dienone is 4. The summed E-state index contributed by atoms with van der Waals surface area (Å²) in [7, 11) is -9.92. The fraction of sp³-hybridized carbons (Fsp3) is 0.890. The van der Waals surface area contributed by atoms with Gasteiger partial charge in [0.25, 0.3) is 0 Å². The molecule has 19 heteroatoms. The third-order valence-corrected chi connectivity index (χ3v) is 18.6. The molecular weight excluding hydrogens is 1210 g/mol. The van der Waals surface area contributed by atoms with Crippen LogP contribution in [-0.2, 0) is 65.4 Å². The number of rotatable bonds is 70. The third-order valence-electron chi connectivity index (χ3n) is 16.7. The summed E-state index contributed by atoms with van der Waals surface area (Å²) in [4.78, 5) is 72.6. The highest BCUT2D eigenvalue weighted by atomic mass is 31.2. The van der Waals surface area contributed by atoms with Crippen molar-refractivity contribution >= 4 is 39.5 Å². The molecular formula is C73H138O17P2. The summed E-state index contributed by atoms with van der Waals surface area (Å²) in [6, 6.07) is 0. The molecule has 0 saturated heterocycles. The molecule has 0 saturated carbocycles. The number of unbranched alkanes of at least 4 members (excludes halogenated alkanes) is 36. The van der Waals surface area contributed by atoms with Gasteiger partial charge in [-0.1, -0.05) is 297 Å². The van der Waals surface area contributed by atoms with Crippen molar-refractivity contribution in [1.82, 2.24) is 0 Å². The Kier molecular flexibility index (Phi) is 62.8. The van der Waals surface area contributed by atoms with Crippen molar-refractivity contribution in [2.75, 3.05) is 39.6 Å². The first-order chi connectivity index (χ1) is 44.4. The SMILES string of the molecule is CCCCCC/C=C\C=C/CCCCCCCC(=O)OC[C@H](COP(=O)(O)OC[C@@H](O)COP(=O)(O)OC[C@@H](COC(=O)CCCCCCCCC(C)C)OC(=O)CCCCCCCCCCC(C)CC)OC(=O)CCCCCCCCCCCCCCCCCC. The van der Waals surface area contributed by atoms with E-state index in [0.717, 1.165) is 121 Å². The van der Waals surface area contributed by atoms with Crippen LogP contribution in [0.2, 0.25) is 0 Å². The van der Waals surface area contributed by atoms with Crippen LogP contribution >= 0.6 is 15.6 Å². The number of carbonyl (C=O) groups is 4. The minimum absolute atomic E-state index is 0.101. The molecule has 0 radical (unpaired) electrons. The molecule has 17 nitrogen and oxygen atoms in total. The predicted octanol–water partition coefficient (Wildman–Crippen LogP) is 20.7. The van der Waals surface area contributed by atoms with Crippen molar-refractivity contribution in [3.05, 3.63) is 24.3 Å². The maximum Gasteiger partial charge on any atom is 0.472 e. The molecule has 0 aliphatic carbocycles. The van der Waals surface area contributed by atoms with Crippen LogP contribution in [0.4, 0.5) is 0 Å². The Morgan fingerprint density at radius 1 is 0.359 bits per heavy atom. The van der Waals surface area contributed by atoms with E-state index in [9.17, 15) is 43.2 Å². The Bertz CT molecular complexity index is 1880. The van der Waals surface area contributed by atoms with E-state index in [4.69, 9.17) is 37.0 Å². The highest BCUT2D eigenvalue weighted by molar-refractivity contribution is 7.47. The second kappa shape index (κ2) is 64.5. The summed E-state index contributed by atoms with van der Waals surface area (Å²) in [5.74, 6) is -0.708. The van der Waals surface area contributed by atoms with E-state index in [-0.39, 0.29) is 25.7 Å². The van der Waals surface area contributed by atoms with Crippen LogP contribution in [0.1, 0.15) is 350 Å². The Morgan fingerprint density at radius 3 is 0.978 bits per heavy atom. The molecule has 0 heterocycles. The lowest BCUT2D eigenvalue weighted by molar-refractivity contribution is -0.161. The molecule has 0 aliphatic rings. The summed E-state index contributed by atoms with van der Waals surface area (Å²) in [6.45, 7) is 9.42. The van der Waals surface area contributed by atoms with Crippen LogP contribution in [0.3, 0.4) is 0 Å². The highest BCUT2D eigenvalue weighted by Gasteiger charge is 2.30. The van der Waals surface area contributed by atoms with E-state index < -0.39 is 97.5 Å². The van der Waals surface area contributed by atoms with Crippen LogP contribution in [0.5, 0.6) is 0 Å². The second-order valence-corrected chi connectivity index (χ2v) is 29.3. The van der Waals surface area contributed by atoms with Crippen molar-refractivity contribution < 1.29 is 80.2 Å². The Labute approximate surface area is 561 Å². The third kappa shape index (κ3) is 64.9. The second-order valence-electron chi connectivity index (χ2n) is 26.4. The number of hydrogen-bond donors (Lipinski definition) is 3. The van der Waals surface area contributed by atoms with Gasteiger partial charge >= 0.3 is 39.5 Å². The van der Waals surface area contributed by atoms with Gasteiger partial charge in [-0.05, 0) is 63.2 Å². The number of hydrogen-bond acceptors (Lipinski definition) is 15. The van der Waals surface area contributed by atoms with Crippen molar-refractivity contribution in [1.29, 1.82) is 0 Å². The molecule has 0 aromatic carbocycles. The van der Waals surface area contributed by atoms with Crippen LogP contribution in [0.15, 0.2) is 24.3 Å². The number of carbonyl (C=O) groups excluding carboxylic acids is 4. The van der Waals surface area contributed by atoms with Gasteiger partial charge in [0.2, 0.25) is 0 Å². The van der Waals surface area contributed by atoms with Crippen LogP contribution in [0.25, 0.3) is 0 Å². The van der Waals surface area contributed by atoms with Crippen molar-refractivity contribution in [3.8, 4) is 0 Å². The summed E-state index contributed by atoms with van der Waals surface area (Å²) >= 11 is 0. The first-order valence-corrected chi connectivity index (χ1v) is 40.3. The highest BCUT2D eigenvalue weighted by Crippen LogP contribution is 2.45. The number of ether oxygens (including phenoxy) is 4. The van der Waals surface area contributed by atoms with E-state index in [2.05, 4.69) is 65.8 Å². The van der Waals surface area contributed by atoms with Crippen molar-refractivity contribution in [2.24, 2.45) is 11.8 Å². The Balaban J connectivity index is 5.28. The van der Waals surface area contributed by atoms with Gasteiger partial charge in [0, 0.05) is 25.7 Å². The molecule has 0 amide bonds. The lowest BCUT2D eigenvalue weighted by atomic mass is 9.99. The van der Waals surface area contributed by atoms with E-state index in [1.165, 1.54) is 141 Å². The fourth-order valence-corrected chi connectivity index (χ4v) is 12.1. The number of aliphatic hydroxyl groups excluding tert-OH is 1. The normalized spacial score (nSPS) is 14.5. The predicted molar refractivity (Wildman–Crippen MR) is 372 cm³/mol. The summed E-state index contributed by atoms with van der Waals surface area (Å²) in [5, 5.41) is 10.6. The maximum absolute atomic E-state index is 13.0. The number of phosphoric ester groups is 2. The molecule has 0 rings (SSSR count). The molecule has 0 aliphatic heterocycles. The standard InChI is InChI=1S/C73H138O17P2/c1-7-10-12-14-16-18-20-22-24-26-28-30-32-37-45-51-57-72(77)89-68(61-83-70(75)55-49-43-36-31-29-27-25-23-21-19-17-15-13-11-8-2)63-87-91(79,80)85-59-67(74)60-86-92(81,82)88-64-69(62-84-71(76)56-50-44-40-39-41-47-53-65(4)5)90-73(78)58-52-46-38-34-33-35-42-48-54-66(6)9-3/h19,21,23,25,65-69,74H,7-18,20,22,24,26-64H2,1-6H3,(H,79,80)(H,81,82)/b21-19-,25-23-/t66?,67-,68-,69-/m1/s1. The van der Waals surface area contributed by atoms with Gasteiger partial charge in [0.05, 0.1) is 26.4 Å². The minimum Gasteiger partial charge on any atom is -0.462 e. The lowest BCUT2D eigenvalue weighted by Crippen LogP contribution is -2.30. The first-order valence-electron chi connectivity index (χ1n) is 37.3. The Morgan fingerprint density at radius 2 is 0.641 bits per heavy atom. The van der Waals surface area contributed by atoms with E-state index in [0.29, 0.717) is 31.6 Å². The van der Waals surface area contributed by atoms with Crippen LogP contribution in [0, 0.1) is 11.8 Å². The zero-order valence-electron chi connectivity index (χ0n) is 59.3. The van der Waals surface area contributed by atoms with Gasteiger partial charge in [-0.3, -0.25) is 37.3 Å². The smallest absolute Gasteiger partial charge is 0.462 e. The van der Waals surface area contributed by atoms with E-state index in [1.54, 1.807) is 0 Å². The minimum atomic E-state index is -4.96. The average molecular weight is 1350 g/mol. The van der Waals surface area contributed by atoms with Crippen LogP contribution < -0.4 is 0 Å². The van der Waals surface area contributed by atoms with E-state index >= 15 is 0 Å². The largest absolute Gasteiger partial charge is 0.472 e. The molecule has 0 bridgehead atoms. The van der Waals surface area contributed by atoms with Crippen molar-refractivity contribution in [2.45, 2.75) is 368 Å². The van der Waals surface area contributed by atoms with Gasteiger partial charge in [-0.2, -0.15) is 0 Å². The molecule has 6 atom stereocenters. The summed E-state index contributed by atoms with van der Waals surface area (Å²) < 4.78 is 68.3. The van der Waals surface area contributed by atoms with E-state index in [1.807, 2.05) is 0 Å². The molecule has 3 N–H and O–H groups in total. The lowest BCUT2D eigenvalue weighted by Gasteiger charge is -2.21. The number of phosphoric acid groups is 2. The monoisotopic (exact) mass is 1350 g/mol. The van der Waals surface area contributed by atoms with Gasteiger partial charge in [-0.25, -0.2) is 9.13 Å². The van der Waals surface area contributed by atoms with Gasteiger partial charge < -0.3 is 33.8 Å². The topological polar surface area (TPSA) is 237 Å². The molecule has 3 unspecified atom stereocenters. The van der Waals surface area contributed by atoms with Gasteiger partial charge in [0.1, 0.15) is 19.3 Å². The summed E-state index contributed by atoms with van der Waals surface area (Å²) in [5.41, 5.74) is 0. The molecule has 92 heavy (non-hydrogen) atoms. The fourth-order valence-electron chi connectivity index (χ4n) is 10.5. The quantitative estimate of drug-likeness (QED) is 0.0169. The zero-order valence-corrected chi connectivity index (χ0v) is 61.1. The van der Waals surface area contributed by atoms with Gasteiger partial charge in [-0.15, -0.1) is 0 Å². The number of esters is 4. The number of aliphatic hydroxyl groups is 1. The molecule has 0 aromatic rings. The van der Waals surface area contributed by atoms with Crippen molar-refractivity contribution in [3.63, 3.8) is 0 Å². The van der Waals surface area contributed by atoms with Crippen LogP contribution in [-0.4, -0.2) is 96.7 Å². The maximum atomic E-state index is 13.0. The molecule has 542 valence electrons. The molecule has 0 fully saturated rings. The average Bonchev–Trinajstić information content (AvgIpc) is 1.72. The molecule has 0 aromatic heterocycles. The zero-order chi connectivity index (χ0) is 67.9.